The molecule has 1 aromatic heterocycles. The van der Waals surface area contributed by atoms with Crippen LogP contribution in [0.2, 0.25) is 0 Å². The highest BCUT2D eigenvalue weighted by Crippen LogP contribution is 2.29. The number of amides is 1. The van der Waals surface area contributed by atoms with E-state index in [1.54, 1.807) is 16.7 Å². The predicted molar refractivity (Wildman–Crippen MR) is 107 cm³/mol. The Bertz CT molecular complexity index is 720. The zero-order valence-electron chi connectivity index (χ0n) is 13.5. The third kappa shape index (κ3) is 6.23. The lowest BCUT2D eigenvalue weighted by Crippen LogP contribution is -2.27. The quantitative estimate of drug-likeness (QED) is 0.436. The van der Waals surface area contributed by atoms with Crippen LogP contribution in [0, 0.1) is 0 Å². The van der Waals surface area contributed by atoms with Crippen molar-refractivity contribution in [3.63, 3.8) is 0 Å². The summed E-state index contributed by atoms with van der Waals surface area (Å²) in [5.41, 5.74) is 2.20. The number of aromatic nitrogens is 2. The van der Waals surface area contributed by atoms with Gasteiger partial charge in [-0.2, -0.15) is 0 Å². The van der Waals surface area contributed by atoms with Crippen LogP contribution >= 0.6 is 50.8 Å². The maximum absolute atomic E-state index is 12.3. The number of hydrogen-bond donors (Lipinski definition) is 0. The lowest BCUT2D eigenvalue weighted by molar-refractivity contribution is -0.127. The average Bonchev–Trinajstić information content (AvgIpc) is 3.00. The molecule has 0 saturated heterocycles. The Hall–Kier alpha value is -0.830. The first-order valence-corrected chi connectivity index (χ1v) is 10.7. The second-order valence-corrected chi connectivity index (χ2v) is 9.49. The number of rotatable bonds is 8. The molecule has 0 aliphatic rings. The van der Waals surface area contributed by atoms with Crippen LogP contribution in [0.1, 0.15) is 12.5 Å². The van der Waals surface area contributed by atoms with Gasteiger partial charge in [0.25, 0.3) is 0 Å². The van der Waals surface area contributed by atoms with E-state index >= 15 is 0 Å². The normalized spacial score (nSPS) is 10.6. The molecular formula is C16H18BrN3OS3. The lowest BCUT2D eigenvalue weighted by Gasteiger charge is -2.17. The van der Waals surface area contributed by atoms with Crippen molar-refractivity contribution in [2.24, 2.45) is 0 Å². The molecular weight excluding hydrogens is 426 g/mol. The summed E-state index contributed by atoms with van der Waals surface area (Å²) in [6, 6.07) is 7.92. The molecule has 0 bridgehead atoms. The SMILES string of the molecule is C=C(C)CSc1nnc(SCC(=O)N(C)Cc2ccccc2Br)s1. The third-order valence-electron chi connectivity index (χ3n) is 2.94. The highest BCUT2D eigenvalue weighted by atomic mass is 79.9. The largest absolute Gasteiger partial charge is 0.341 e. The van der Waals surface area contributed by atoms with Crippen LogP contribution in [-0.4, -0.2) is 39.6 Å². The molecule has 0 atom stereocenters. The van der Waals surface area contributed by atoms with Crippen LogP contribution in [0.5, 0.6) is 0 Å². The lowest BCUT2D eigenvalue weighted by atomic mass is 10.2. The third-order valence-corrected chi connectivity index (χ3v) is 7.12. The molecule has 8 heteroatoms. The molecule has 0 fully saturated rings. The second kappa shape index (κ2) is 9.60. The first-order valence-electron chi connectivity index (χ1n) is 7.16. The monoisotopic (exact) mass is 443 g/mol. The Labute approximate surface area is 163 Å². The standard InChI is InChI=1S/C16H18BrN3OS3/c1-11(2)9-22-15-18-19-16(24-15)23-10-14(21)20(3)8-12-6-4-5-7-13(12)17/h4-7H,1,8-10H2,2-3H3. The van der Waals surface area contributed by atoms with Crippen LogP contribution < -0.4 is 0 Å². The van der Waals surface area contributed by atoms with Gasteiger partial charge < -0.3 is 4.90 Å². The maximum Gasteiger partial charge on any atom is 0.233 e. The Kier molecular flexibility index (Phi) is 7.80. The highest BCUT2D eigenvalue weighted by Gasteiger charge is 2.13. The zero-order chi connectivity index (χ0) is 17.5. The zero-order valence-corrected chi connectivity index (χ0v) is 17.5. The molecule has 0 unspecified atom stereocenters. The molecule has 1 heterocycles. The van der Waals surface area contributed by atoms with Gasteiger partial charge in [0.2, 0.25) is 5.91 Å². The van der Waals surface area contributed by atoms with E-state index in [0.29, 0.717) is 12.3 Å². The van der Waals surface area contributed by atoms with Crippen molar-refractivity contribution in [3.8, 4) is 0 Å². The van der Waals surface area contributed by atoms with Crippen molar-refractivity contribution < 1.29 is 4.79 Å². The van der Waals surface area contributed by atoms with E-state index in [-0.39, 0.29) is 5.91 Å². The number of hydrogen-bond acceptors (Lipinski definition) is 6. The predicted octanol–water partition coefficient (Wildman–Crippen LogP) is 4.72. The summed E-state index contributed by atoms with van der Waals surface area (Å²) in [4.78, 5) is 14.0. The van der Waals surface area contributed by atoms with Gasteiger partial charge in [-0.3, -0.25) is 4.79 Å². The van der Waals surface area contributed by atoms with Gasteiger partial charge in [0.05, 0.1) is 5.75 Å². The minimum absolute atomic E-state index is 0.0714. The molecule has 24 heavy (non-hydrogen) atoms. The first-order chi connectivity index (χ1) is 11.5. The van der Waals surface area contributed by atoms with Crippen LogP contribution in [0.4, 0.5) is 0 Å². The Balaban J connectivity index is 1.82. The minimum Gasteiger partial charge on any atom is -0.341 e. The van der Waals surface area contributed by atoms with Gasteiger partial charge in [-0.15, -0.1) is 10.2 Å². The van der Waals surface area contributed by atoms with Gasteiger partial charge in [0.15, 0.2) is 8.68 Å². The van der Waals surface area contributed by atoms with Gasteiger partial charge in [0, 0.05) is 23.8 Å². The van der Waals surface area contributed by atoms with Gasteiger partial charge in [-0.25, -0.2) is 0 Å². The summed E-state index contributed by atoms with van der Waals surface area (Å²) in [6.07, 6.45) is 0. The fourth-order valence-corrected chi connectivity index (χ4v) is 4.92. The molecule has 0 saturated carbocycles. The molecule has 1 amide bonds. The molecule has 0 aliphatic carbocycles. The Morgan fingerprint density at radius 3 is 2.50 bits per heavy atom. The summed E-state index contributed by atoms with van der Waals surface area (Å²) in [5.74, 6) is 1.27. The van der Waals surface area contributed by atoms with Crippen molar-refractivity contribution in [3.05, 3.63) is 46.5 Å². The van der Waals surface area contributed by atoms with E-state index in [1.165, 1.54) is 23.1 Å². The van der Waals surface area contributed by atoms with E-state index in [0.717, 1.165) is 30.0 Å². The number of benzene rings is 1. The minimum atomic E-state index is 0.0714. The molecule has 0 spiro atoms. The van der Waals surface area contributed by atoms with E-state index in [9.17, 15) is 4.79 Å². The van der Waals surface area contributed by atoms with Crippen LogP contribution in [0.25, 0.3) is 0 Å². The fraction of sp³-hybridized carbons (Fsp3) is 0.312. The molecule has 128 valence electrons. The molecule has 1 aromatic carbocycles. The number of carbonyl (C=O) groups is 1. The van der Waals surface area contributed by atoms with E-state index in [4.69, 9.17) is 0 Å². The molecule has 0 radical (unpaired) electrons. The van der Waals surface area contributed by atoms with Crippen molar-refractivity contribution in [1.82, 2.24) is 15.1 Å². The topological polar surface area (TPSA) is 46.1 Å². The van der Waals surface area contributed by atoms with Gasteiger partial charge >= 0.3 is 0 Å². The second-order valence-electron chi connectivity index (χ2n) is 5.21. The van der Waals surface area contributed by atoms with E-state index in [1.807, 2.05) is 38.2 Å². The summed E-state index contributed by atoms with van der Waals surface area (Å²) < 4.78 is 2.75. The molecule has 0 N–H and O–H groups in total. The summed E-state index contributed by atoms with van der Waals surface area (Å²) in [7, 11) is 1.82. The number of nitrogens with zero attached hydrogens (tertiary/aromatic N) is 3. The average molecular weight is 444 g/mol. The molecule has 4 nitrogen and oxygen atoms in total. The fourth-order valence-electron chi connectivity index (χ4n) is 1.70. The van der Waals surface area contributed by atoms with Gasteiger partial charge in [-0.1, -0.05) is 81.1 Å². The number of halogens is 1. The Morgan fingerprint density at radius 2 is 1.88 bits per heavy atom. The smallest absolute Gasteiger partial charge is 0.233 e. The van der Waals surface area contributed by atoms with Crippen LogP contribution in [-0.2, 0) is 11.3 Å². The van der Waals surface area contributed by atoms with Crippen molar-refractivity contribution >= 4 is 56.7 Å². The first kappa shape index (κ1) is 19.5. The summed E-state index contributed by atoms with van der Waals surface area (Å²) in [6.45, 7) is 6.44. The maximum atomic E-state index is 12.3. The number of thioether (sulfide) groups is 2. The molecule has 2 rings (SSSR count). The van der Waals surface area contributed by atoms with Crippen molar-refractivity contribution in [2.45, 2.75) is 22.1 Å². The Morgan fingerprint density at radius 1 is 1.25 bits per heavy atom. The highest BCUT2D eigenvalue weighted by molar-refractivity contribution is 9.10. The van der Waals surface area contributed by atoms with Crippen LogP contribution in [0.3, 0.4) is 0 Å². The molecule has 0 aliphatic heterocycles. The van der Waals surface area contributed by atoms with E-state index < -0.39 is 0 Å². The van der Waals surface area contributed by atoms with Gasteiger partial charge in [0.1, 0.15) is 0 Å². The summed E-state index contributed by atoms with van der Waals surface area (Å²) in [5, 5.41) is 8.26. The number of carbonyl (C=O) groups excluding carboxylic acids is 1. The summed E-state index contributed by atoms with van der Waals surface area (Å²) >= 11 is 8.09. The van der Waals surface area contributed by atoms with Crippen molar-refractivity contribution in [1.29, 1.82) is 0 Å². The van der Waals surface area contributed by atoms with Crippen LogP contribution in [0.15, 0.2) is 49.6 Å². The van der Waals surface area contributed by atoms with E-state index in [2.05, 4.69) is 32.7 Å². The van der Waals surface area contributed by atoms with Crippen molar-refractivity contribution in [2.75, 3.05) is 18.6 Å². The molecule has 2 aromatic rings. The van der Waals surface area contributed by atoms with Gasteiger partial charge in [-0.05, 0) is 18.6 Å².